The SMILES string of the molecule is Cc1nc(Cn2cnc(CNC3CC3)c2)oc1C. The van der Waals surface area contributed by atoms with Crippen molar-refractivity contribution >= 4 is 0 Å². The molecule has 96 valence electrons. The number of nitrogens with zero attached hydrogens (tertiary/aromatic N) is 3. The highest BCUT2D eigenvalue weighted by molar-refractivity contribution is 5.06. The fourth-order valence-electron chi connectivity index (χ4n) is 1.88. The quantitative estimate of drug-likeness (QED) is 0.874. The van der Waals surface area contributed by atoms with Crippen LogP contribution in [0.25, 0.3) is 0 Å². The zero-order valence-electron chi connectivity index (χ0n) is 10.8. The van der Waals surface area contributed by atoms with Crippen LogP contribution < -0.4 is 5.32 Å². The summed E-state index contributed by atoms with van der Waals surface area (Å²) < 4.78 is 7.57. The Kier molecular flexibility index (Phi) is 2.91. The van der Waals surface area contributed by atoms with E-state index in [1.807, 2.05) is 30.9 Å². The van der Waals surface area contributed by atoms with E-state index in [0.29, 0.717) is 12.6 Å². The van der Waals surface area contributed by atoms with E-state index in [1.54, 1.807) is 0 Å². The van der Waals surface area contributed by atoms with Crippen LogP contribution in [0.3, 0.4) is 0 Å². The number of aryl methyl sites for hydroxylation is 2. The Labute approximate surface area is 106 Å². The molecule has 0 radical (unpaired) electrons. The van der Waals surface area contributed by atoms with Crippen molar-refractivity contribution in [1.29, 1.82) is 0 Å². The number of oxazole rings is 1. The summed E-state index contributed by atoms with van der Waals surface area (Å²) in [5, 5.41) is 3.45. The molecule has 0 unspecified atom stereocenters. The molecule has 1 fully saturated rings. The van der Waals surface area contributed by atoms with Gasteiger partial charge in [0.05, 0.1) is 17.7 Å². The van der Waals surface area contributed by atoms with Gasteiger partial charge in [0.1, 0.15) is 12.3 Å². The third-order valence-electron chi connectivity index (χ3n) is 3.23. The smallest absolute Gasteiger partial charge is 0.214 e. The van der Waals surface area contributed by atoms with Crippen LogP contribution in [-0.4, -0.2) is 20.6 Å². The van der Waals surface area contributed by atoms with E-state index < -0.39 is 0 Å². The van der Waals surface area contributed by atoms with Crippen LogP contribution in [0.15, 0.2) is 16.9 Å². The highest BCUT2D eigenvalue weighted by atomic mass is 16.4. The summed E-state index contributed by atoms with van der Waals surface area (Å²) in [6.07, 6.45) is 6.48. The number of hydrogen-bond acceptors (Lipinski definition) is 4. The monoisotopic (exact) mass is 246 g/mol. The van der Waals surface area contributed by atoms with Gasteiger partial charge in [-0.15, -0.1) is 0 Å². The van der Waals surface area contributed by atoms with Crippen LogP contribution in [0.5, 0.6) is 0 Å². The van der Waals surface area contributed by atoms with Gasteiger partial charge in [-0.05, 0) is 26.7 Å². The van der Waals surface area contributed by atoms with Crippen LogP contribution in [-0.2, 0) is 13.1 Å². The summed E-state index contributed by atoms with van der Waals surface area (Å²) in [6, 6.07) is 0.715. The van der Waals surface area contributed by atoms with Gasteiger partial charge >= 0.3 is 0 Å². The molecule has 1 aliphatic carbocycles. The molecular weight excluding hydrogens is 228 g/mol. The van der Waals surface area contributed by atoms with Crippen LogP contribution in [0.2, 0.25) is 0 Å². The molecule has 5 heteroatoms. The van der Waals surface area contributed by atoms with E-state index in [2.05, 4.69) is 15.3 Å². The lowest BCUT2D eigenvalue weighted by Crippen LogP contribution is -2.15. The minimum Gasteiger partial charge on any atom is -0.444 e. The van der Waals surface area contributed by atoms with Gasteiger partial charge < -0.3 is 14.3 Å². The molecule has 0 saturated heterocycles. The fourth-order valence-corrected chi connectivity index (χ4v) is 1.88. The zero-order chi connectivity index (χ0) is 12.5. The van der Waals surface area contributed by atoms with Gasteiger partial charge in [-0.25, -0.2) is 9.97 Å². The number of hydrogen-bond donors (Lipinski definition) is 1. The first-order chi connectivity index (χ1) is 8.70. The lowest BCUT2D eigenvalue weighted by molar-refractivity contribution is 0.456. The molecule has 0 aromatic carbocycles. The van der Waals surface area contributed by atoms with E-state index in [4.69, 9.17) is 4.42 Å². The molecule has 0 atom stereocenters. The first-order valence-electron chi connectivity index (χ1n) is 6.37. The van der Waals surface area contributed by atoms with Crippen molar-refractivity contribution in [2.45, 2.75) is 45.8 Å². The summed E-state index contributed by atoms with van der Waals surface area (Å²) in [5.41, 5.74) is 2.03. The van der Waals surface area contributed by atoms with Crippen LogP contribution in [0, 0.1) is 13.8 Å². The predicted molar refractivity (Wildman–Crippen MR) is 67.2 cm³/mol. The van der Waals surface area contributed by atoms with Crippen molar-refractivity contribution in [1.82, 2.24) is 19.9 Å². The van der Waals surface area contributed by atoms with Crippen LogP contribution in [0.1, 0.15) is 35.9 Å². The topological polar surface area (TPSA) is 55.9 Å². The van der Waals surface area contributed by atoms with Crippen LogP contribution in [0.4, 0.5) is 0 Å². The van der Waals surface area contributed by atoms with Crippen molar-refractivity contribution in [3.8, 4) is 0 Å². The highest BCUT2D eigenvalue weighted by Crippen LogP contribution is 2.19. The zero-order valence-corrected chi connectivity index (χ0v) is 10.8. The molecular formula is C13H18N4O. The van der Waals surface area contributed by atoms with Gasteiger partial charge in [-0.1, -0.05) is 0 Å². The lowest BCUT2D eigenvalue weighted by Gasteiger charge is -1.98. The second-order valence-corrected chi connectivity index (χ2v) is 4.94. The van der Waals surface area contributed by atoms with Crippen molar-refractivity contribution < 1.29 is 4.42 Å². The lowest BCUT2D eigenvalue weighted by atomic mass is 10.4. The van der Waals surface area contributed by atoms with Crippen molar-refractivity contribution in [3.05, 3.63) is 35.6 Å². The predicted octanol–water partition coefficient (Wildman–Crippen LogP) is 1.79. The summed E-state index contributed by atoms with van der Waals surface area (Å²) in [7, 11) is 0. The van der Waals surface area contributed by atoms with Gasteiger partial charge in [0.25, 0.3) is 0 Å². The standard InChI is InChI=1S/C13H18N4O/c1-9-10(2)18-13(16-9)7-17-6-12(15-8-17)5-14-11-3-4-11/h6,8,11,14H,3-5,7H2,1-2H3. The molecule has 0 aliphatic heterocycles. The van der Waals surface area contributed by atoms with E-state index in [-0.39, 0.29) is 0 Å². The first kappa shape index (κ1) is 11.5. The summed E-state index contributed by atoms with van der Waals surface area (Å²) in [4.78, 5) is 8.74. The number of aromatic nitrogens is 3. The van der Waals surface area contributed by atoms with Crippen LogP contribution >= 0.6 is 0 Å². The molecule has 1 saturated carbocycles. The fraction of sp³-hybridized carbons (Fsp3) is 0.538. The second-order valence-electron chi connectivity index (χ2n) is 4.94. The average Bonchev–Trinajstić information content (AvgIpc) is 2.98. The summed E-state index contributed by atoms with van der Waals surface area (Å²) in [5.74, 6) is 1.63. The molecule has 5 nitrogen and oxygen atoms in total. The summed E-state index contributed by atoms with van der Waals surface area (Å²) >= 11 is 0. The Hall–Kier alpha value is -1.62. The minimum absolute atomic E-state index is 0.644. The maximum atomic E-state index is 5.56. The average molecular weight is 246 g/mol. The van der Waals surface area contributed by atoms with E-state index in [9.17, 15) is 0 Å². The normalized spacial score (nSPS) is 15.2. The van der Waals surface area contributed by atoms with Gasteiger partial charge in [0.15, 0.2) is 0 Å². The van der Waals surface area contributed by atoms with Crippen molar-refractivity contribution in [2.75, 3.05) is 0 Å². The van der Waals surface area contributed by atoms with E-state index >= 15 is 0 Å². The Balaban J connectivity index is 1.61. The van der Waals surface area contributed by atoms with E-state index in [0.717, 1.165) is 29.6 Å². The maximum Gasteiger partial charge on any atom is 0.214 e. The second kappa shape index (κ2) is 4.57. The minimum atomic E-state index is 0.644. The molecule has 0 bridgehead atoms. The molecule has 0 amide bonds. The van der Waals surface area contributed by atoms with Crippen molar-refractivity contribution in [3.63, 3.8) is 0 Å². The molecule has 18 heavy (non-hydrogen) atoms. The maximum absolute atomic E-state index is 5.56. The molecule has 2 aromatic heterocycles. The number of imidazole rings is 1. The van der Waals surface area contributed by atoms with Gasteiger partial charge in [0.2, 0.25) is 5.89 Å². The molecule has 0 spiro atoms. The van der Waals surface area contributed by atoms with Crippen molar-refractivity contribution in [2.24, 2.45) is 0 Å². The molecule has 1 N–H and O–H groups in total. The third-order valence-corrected chi connectivity index (χ3v) is 3.23. The third kappa shape index (κ3) is 2.61. The molecule has 1 aliphatic rings. The molecule has 2 aromatic rings. The first-order valence-corrected chi connectivity index (χ1v) is 6.37. The number of nitrogens with one attached hydrogen (secondary N) is 1. The highest BCUT2D eigenvalue weighted by Gasteiger charge is 2.20. The summed E-state index contributed by atoms with van der Waals surface area (Å²) in [6.45, 7) is 5.39. The molecule has 3 rings (SSSR count). The Morgan fingerprint density at radius 2 is 2.28 bits per heavy atom. The van der Waals surface area contributed by atoms with Gasteiger partial charge in [0, 0.05) is 18.8 Å². The Morgan fingerprint density at radius 1 is 1.44 bits per heavy atom. The Bertz CT molecular complexity index is 519. The Morgan fingerprint density at radius 3 is 2.94 bits per heavy atom. The largest absolute Gasteiger partial charge is 0.444 e. The van der Waals surface area contributed by atoms with Gasteiger partial charge in [-0.3, -0.25) is 0 Å². The van der Waals surface area contributed by atoms with Gasteiger partial charge in [-0.2, -0.15) is 0 Å². The molecule has 2 heterocycles. The van der Waals surface area contributed by atoms with E-state index in [1.165, 1.54) is 12.8 Å². The number of rotatable bonds is 5.